The lowest BCUT2D eigenvalue weighted by atomic mass is 10.1. The molecule has 0 bridgehead atoms. The van der Waals surface area contributed by atoms with Crippen LogP contribution in [0.15, 0.2) is 59.9 Å². The van der Waals surface area contributed by atoms with Crippen LogP contribution < -0.4 is 5.32 Å². The van der Waals surface area contributed by atoms with Gasteiger partial charge in [-0.1, -0.05) is 36.4 Å². The first-order chi connectivity index (χ1) is 13.9. The number of nitrogens with zero attached hydrogens (tertiary/aromatic N) is 3. The number of fused-ring (bicyclic) bond motifs is 1. The minimum atomic E-state index is -3.58. The number of aromatic nitrogens is 2. The zero-order valence-corrected chi connectivity index (χ0v) is 17.1. The minimum Gasteiger partial charge on any atom is -0.343 e. The van der Waals surface area contributed by atoms with Gasteiger partial charge < -0.3 is 10.2 Å². The van der Waals surface area contributed by atoms with Crippen molar-refractivity contribution in [2.24, 2.45) is 0 Å². The molecule has 152 valence electrons. The number of carbonyl (C=O) groups is 1. The van der Waals surface area contributed by atoms with Gasteiger partial charge in [-0.05, 0) is 43.6 Å². The standard InChI is InChI=1S/C21H24N4O3S/c1-29(27,28)21-23-19(18-11-5-6-14-25(18)21)20(26)22-17(15-24-12-7-8-13-24)16-9-3-2-4-10-16/h2-6,9-11,14,17H,7-8,12-13,15H2,1H3,(H,22,26). The van der Waals surface area contributed by atoms with Crippen LogP contribution in [0, 0.1) is 0 Å². The molecule has 1 N–H and O–H groups in total. The molecule has 7 nitrogen and oxygen atoms in total. The molecule has 1 saturated heterocycles. The molecule has 1 aromatic carbocycles. The van der Waals surface area contributed by atoms with Crippen LogP contribution in [0.2, 0.25) is 0 Å². The SMILES string of the molecule is CS(=O)(=O)c1nc(C(=O)NC(CN2CCCC2)c2ccccc2)c2ccccn12. The Hall–Kier alpha value is -2.71. The van der Waals surface area contributed by atoms with Crippen molar-refractivity contribution in [2.45, 2.75) is 24.0 Å². The van der Waals surface area contributed by atoms with E-state index in [-0.39, 0.29) is 22.8 Å². The van der Waals surface area contributed by atoms with E-state index >= 15 is 0 Å². The predicted octanol–water partition coefficient (Wildman–Crippen LogP) is 2.30. The number of imidazole rings is 1. The lowest BCUT2D eigenvalue weighted by molar-refractivity contribution is 0.0924. The highest BCUT2D eigenvalue weighted by atomic mass is 32.2. The quantitative estimate of drug-likeness (QED) is 0.672. The summed E-state index contributed by atoms with van der Waals surface area (Å²) in [5, 5.41) is 2.95. The molecule has 29 heavy (non-hydrogen) atoms. The monoisotopic (exact) mass is 412 g/mol. The van der Waals surface area contributed by atoms with Gasteiger partial charge in [-0.15, -0.1) is 0 Å². The predicted molar refractivity (Wildman–Crippen MR) is 111 cm³/mol. The summed E-state index contributed by atoms with van der Waals surface area (Å²) in [5.74, 6) is -0.378. The van der Waals surface area contributed by atoms with E-state index < -0.39 is 9.84 Å². The second-order valence-corrected chi connectivity index (χ2v) is 9.32. The number of nitrogens with one attached hydrogen (secondary N) is 1. The molecule has 1 unspecified atom stereocenters. The van der Waals surface area contributed by atoms with Crippen molar-refractivity contribution >= 4 is 21.3 Å². The maximum atomic E-state index is 13.2. The summed E-state index contributed by atoms with van der Waals surface area (Å²) in [6.45, 7) is 2.75. The lowest BCUT2D eigenvalue weighted by Crippen LogP contribution is -2.37. The average Bonchev–Trinajstić information content (AvgIpc) is 3.35. The number of hydrogen-bond acceptors (Lipinski definition) is 5. The summed E-state index contributed by atoms with van der Waals surface area (Å²) < 4.78 is 25.7. The summed E-state index contributed by atoms with van der Waals surface area (Å²) >= 11 is 0. The molecular weight excluding hydrogens is 388 g/mol. The van der Waals surface area contributed by atoms with Crippen molar-refractivity contribution in [2.75, 3.05) is 25.9 Å². The molecule has 0 radical (unpaired) electrons. The molecule has 0 spiro atoms. The molecule has 0 saturated carbocycles. The number of amides is 1. The van der Waals surface area contributed by atoms with Crippen molar-refractivity contribution < 1.29 is 13.2 Å². The van der Waals surface area contributed by atoms with E-state index in [4.69, 9.17) is 0 Å². The molecule has 2 aromatic heterocycles. The first-order valence-electron chi connectivity index (χ1n) is 9.69. The van der Waals surface area contributed by atoms with E-state index in [1.54, 1.807) is 24.4 Å². The number of pyridine rings is 1. The second kappa shape index (κ2) is 7.96. The summed E-state index contributed by atoms with van der Waals surface area (Å²) in [4.78, 5) is 19.7. The zero-order chi connectivity index (χ0) is 20.4. The number of carbonyl (C=O) groups excluding carboxylic acids is 1. The molecule has 3 heterocycles. The lowest BCUT2D eigenvalue weighted by Gasteiger charge is -2.24. The molecule has 4 rings (SSSR count). The number of benzene rings is 1. The van der Waals surface area contributed by atoms with Crippen molar-refractivity contribution in [3.05, 3.63) is 66.0 Å². The summed E-state index contributed by atoms with van der Waals surface area (Å²) in [5.41, 5.74) is 1.60. The van der Waals surface area contributed by atoms with Crippen molar-refractivity contribution in [1.29, 1.82) is 0 Å². The van der Waals surface area contributed by atoms with Crippen LogP contribution in [0.3, 0.4) is 0 Å². The van der Waals surface area contributed by atoms with E-state index in [0.29, 0.717) is 12.1 Å². The van der Waals surface area contributed by atoms with E-state index in [2.05, 4.69) is 15.2 Å². The average molecular weight is 413 g/mol. The number of rotatable bonds is 6. The molecule has 1 amide bonds. The molecule has 0 aliphatic carbocycles. The smallest absolute Gasteiger partial charge is 0.272 e. The van der Waals surface area contributed by atoms with Crippen LogP contribution in [0.4, 0.5) is 0 Å². The summed E-state index contributed by atoms with van der Waals surface area (Å²) in [6, 6.07) is 14.8. The maximum Gasteiger partial charge on any atom is 0.272 e. The van der Waals surface area contributed by atoms with Gasteiger partial charge in [0.1, 0.15) is 0 Å². The Bertz CT molecular complexity index is 1120. The van der Waals surface area contributed by atoms with E-state index in [1.807, 2.05) is 30.3 Å². The van der Waals surface area contributed by atoms with Crippen molar-refractivity contribution in [3.8, 4) is 0 Å². The van der Waals surface area contributed by atoms with Gasteiger partial charge in [0.15, 0.2) is 5.69 Å². The molecule has 1 atom stereocenters. The fourth-order valence-electron chi connectivity index (χ4n) is 3.81. The highest BCUT2D eigenvalue weighted by Crippen LogP contribution is 2.21. The largest absolute Gasteiger partial charge is 0.343 e. The minimum absolute atomic E-state index is 0.119. The van der Waals surface area contributed by atoms with Crippen LogP contribution in [0.5, 0.6) is 0 Å². The third-order valence-corrected chi connectivity index (χ3v) is 6.16. The van der Waals surface area contributed by atoms with Crippen molar-refractivity contribution in [3.63, 3.8) is 0 Å². The van der Waals surface area contributed by atoms with Gasteiger partial charge in [0.2, 0.25) is 15.0 Å². The Morgan fingerprint density at radius 1 is 1.10 bits per heavy atom. The van der Waals surface area contributed by atoms with E-state index in [0.717, 1.165) is 24.9 Å². The van der Waals surface area contributed by atoms with Gasteiger partial charge in [0, 0.05) is 19.0 Å². The van der Waals surface area contributed by atoms with Gasteiger partial charge in [0.25, 0.3) is 5.91 Å². The first-order valence-corrected chi connectivity index (χ1v) is 11.6. The van der Waals surface area contributed by atoms with Crippen LogP contribution >= 0.6 is 0 Å². The number of sulfone groups is 1. The second-order valence-electron chi connectivity index (χ2n) is 7.42. The molecule has 8 heteroatoms. The molecule has 3 aromatic rings. The highest BCUT2D eigenvalue weighted by Gasteiger charge is 2.26. The third-order valence-electron chi connectivity index (χ3n) is 5.21. The Balaban J connectivity index is 1.67. The van der Waals surface area contributed by atoms with E-state index in [1.165, 1.54) is 17.2 Å². The Morgan fingerprint density at radius 3 is 2.48 bits per heavy atom. The molecule has 1 aliphatic heterocycles. The van der Waals surface area contributed by atoms with Crippen LogP contribution in [0.25, 0.3) is 5.52 Å². The Morgan fingerprint density at radius 2 is 1.79 bits per heavy atom. The molecule has 1 fully saturated rings. The number of hydrogen-bond donors (Lipinski definition) is 1. The Labute approximate surface area is 170 Å². The van der Waals surface area contributed by atoms with Crippen molar-refractivity contribution in [1.82, 2.24) is 19.6 Å². The van der Waals surface area contributed by atoms with Crippen LogP contribution in [0.1, 0.15) is 34.9 Å². The van der Waals surface area contributed by atoms with Gasteiger partial charge >= 0.3 is 0 Å². The third kappa shape index (κ3) is 4.18. The normalized spacial score (nSPS) is 16.2. The van der Waals surface area contributed by atoms with E-state index in [9.17, 15) is 13.2 Å². The first kappa shape index (κ1) is 19.6. The summed E-state index contributed by atoms with van der Waals surface area (Å²) in [7, 11) is -3.58. The van der Waals surface area contributed by atoms with Gasteiger partial charge in [0.05, 0.1) is 11.6 Å². The van der Waals surface area contributed by atoms with Crippen LogP contribution in [-0.2, 0) is 9.84 Å². The summed E-state index contributed by atoms with van der Waals surface area (Å²) in [6.07, 6.45) is 5.03. The fraction of sp³-hybridized carbons (Fsp3) is 0.333. The fourth-order valence-corrected chi connectivity index (χ4v) is 4.58. The molecule has 1 aliphatic rings. The maximum absolute atomic E-state index is 13.2. The number of likely N-dealkylation sites (tertiary alicyclic amines) is 1. The molecular formula is C21H24N4O3S. The topological polar surface area (TPSA) is 83.8 Å². The van der Waals surface area contributed by atoms with Gasteiger partial charge in [-0.25, -0.2) is 13.4 Å². The Kier molecular flexibility index (Phi) is 5.38. The van der Waals surface area contributed by atoms with Gasteiger partial charge in [-0.3, -0.25) is 9.20 Å². The highest BCUT2D eigenvalue weighted by molar-refractivity contribution is 7.90. The van der Waals surface area contributed by atoms with Gasteiger partial charge in [-0.2, -0.15) is 0 Å². The zero-order valence-electron chi connectivity index (χ0n) is 16.3. The van der Waals surface area contributed by atoms with Crippen LogP contribution in [-0.4, -0.2) is 54.5 Å².